The molecule has 4 aromatic rings. The van der Waals surface area contributed by atoms with E-state index in [4.69, 9.17) is 11.6 Å². The van der Waals surface area contributed by atoms with Crippen molar-refractivity contribution >= 4 is 39.1 Å². The molecule has 0 unspecified atom stereocenters. The Morgan fingerprint density at radius 2 is 1.77 bits per heavy atom. The smallest absolute Gasteiger partial charge is 0.277 e. The highest BCUT2D eigenvalue weighted by Crippen LogP contribution is 2.45. The molecule has 30 heavy (non-hydrogen) atoms. The van der Waals surface area contributed by atoms with Crippen molar-refractivity contribution in [2.24, 2.45) is 0 Å². The molecule has 0 spiro atoms. The number of carbonyl (C=O) groups is 1. The number of hydrogen-bond acceptors (Lipinski definition) is 3. The van der Waals surface area contributed by atoms with Gasteiger partial charge in [-0.25, -0.2) is 0 Å². The first-order valence-electron chi connectivity index (χ1n) is 9.25. The van der Waals surface area contributed by atoms with Crippen LogP contribution in [0.15, 0.2) is 77.3 Å². The van der Waals surface area contributed by atoms with E-state index < -0.39 is 6.04 Å². The molecule has 0 fully saturated rings. The average Bonchev–Trinajstić information content (AvgIpc) is 3.28. The molecule has 7 heteroatoms. The third kappa shape index (κ3) is 3.09. The Labute approximate surface area is 186 Å². The molecule has 1 atom stereocenters. The Balaban J connectivity index is 1.72. The van der Waals surface area contributed by atoms with Gasteiger partial charge in [-0.1, -0.05) is 51.8 Å². The van der Waals surface area contributed by atoms with E-state index in [0.717, 1.165) is 21.2 Å². The van der Waals surface area contributed by atoms with E-state index >= 15 is 0 Å². The van der Waals surface area contributed by atoms with Gasteiger partial charge in [0.2, 0.25) is 0 Å². The highest BCUT2D eigenvalue weighted by atomic mass is 79.9. The van der Waals surface area contributed by atoms with Gasteiger partial charge in [-0.3, -0.25) is 14.8 Å². The van der Waals surface area contributed by atoms with Gasteiger partial charge in [0.15, 0.2) is 0 Å². The zero-order valence-electron chi connectivity index (χ0n) is 15.5. The predicted octanol–water partition coefficient (Wildman–Crippen LogP) is 5.95. The molecule has 2 heterocycles. The maximum absolute atomic E-state index is 13.4. The van der Waals surface area contributed by atoms with Crippen molar-refractivity contribution in [3.05, 3.63) is 99.1 Å². The molecular formula is C23H15BrClN3O2. The van der Waals surface area contributed by atoms with Crippen molar-refractivity contribution in [1.29, 1.82) is 0 Å². The van der Waals surface area contributed by atoms with Crippen LogP contribution < -0.4 is 4.90 Å². The predicted molar refractivity (Wildman–Crippen MR) is 120 cm³/mol. The molecule has 0 saturated heterocycles. The normalized spacial score (nSPS) is 15.5. The summed E-state index contributed by atoms with van der Waals surface area (Å²) >= 11 is 9.51. The van der Waals surface area contributed by atoms with Crippen LogP contribution in [0.25, 0.3) is 11.3 Å². The summed E-state index contributed by atoms with van der Waals surface area (Å²) in [6.45, 7) is 0. The Morgan fingerprint density at radius 1 is 1.03 bits per heavy atom. The Hall–Kier alpha value is -3.09. The summed E-state index contributed by atoms with van der Waals surface area (Å²) in [7, 11) is 0. The molecule has 1 aliphatic rings. The van der Waals surface area contributed by atoms with Gasteiger partial charge in [-0.2, -0.15) is 5.10 Å². The number of carbonyl (C=O) groups excluding carboxylic acids is 1. The van der Waals surface area contributed by atoms with Crippen molar-refractivity contribution < 1.29 is 9.90 Å². The topological polar surface area (TPSA) is 69.2 Å². The number of aromatic nitrogens is 2. The third-order valence-electron chi connectivity index (χ3n) is 5.18. The van der Waals surface area contributed by atoms with E-state index in [1.54, 1.807) is 35.2 Å². The van der Waals surface area contributed by atoms with Gasteiger partial charge >= 0.3 is 0 Å². The lowest BCUT2D eigenvalue weighted by atomic mass is 9.95. The molecule has 5 rings (SSSR count). The van der Waals surface area contributed by atoms with Crippen LogP contribution in [0.5, 0.6) is 5.75 Å². The number of rotatable bonds is 3. The summed E-state index contributed by atoms with van der Waals surface area (Å²) in [6, 6.07) is 21.4. The number of nitrogens with one attached hydrogen (secondary N) is 1. The minimum Gasteiger partial charge on any atom is -0.508 e. The molecule has 5 nitrogen and oxygen atoms in total. The van der Waals surface area contributed by atoms with E-state index in [0.29, 0.717) is 22.1 Å². The van der Waals surface area contributed by atoms with Crippen LogP contribution in [0.3, 0.4) is 0 Å². The number of phenolic OH excluding ortho intramolecular Hbond substituents is 1. The maximum atomic E-state index is 13.4. The van der Waals surface area contributed by atoms with Crippen LogP contribution in [-0.4, -0.2) is 21.2 Å². The Morgan fingerprint density at radius 3 is 2.47 bits per heavy atom. The van der Waals surface area contributed by atoms with Gasteiger partial charge in [0.05, 0.1) is 11.7 Å². The fourth-order valence-electron chi connectivity index (χ4n) is 3.85. The lowest BCUT2D eigenvalue weighted by Gasteiger charge is -2.26. The number of anilines is 1. The number of amides is 1. The highest BCUT2D eigenvalue weighted by Gasteiger charge is 2.43. The lowest BCUT2D eigenvalue weighted by molar-refractivity contribution is 0.0988. The van der Waals surface area contributed by atoms with Crippen LogP contribution in [0, 0.1) is 0 Å². The fraction of sp³-hybridized carbons (Fsp3) is 0.0435. The quantitative estimate of drug-likeness (QED) is 0.381. The molecule has 0 aliphatic carbocycles. The van der Waals surface area contributed by atoms with Crippen LogP contribution in [0.2, 0.25) is 5.02 Å². The maximum Gasteiger partial charge on any atom is 0.277 e. The molecule has 2 N–H and O–H groups in total. The zero-order valence-corrected chi connectivity index (χ0v) is 17.9. The fourth-order valence-corrected chi connectivity index (χ4v) is 4.24. The Bertz CT molecular complexity index is 1250. The molecule has 0 bridgehead atoms. The molecule has 148 valence electrons. The average molecular weight is 481 g/mol. The van der Waals surface area contributed by atoms with Crippen molar-refractivity contribution in [3.63, 3.8) is 0 Å². The number of nitrogens with zero attached hydrogens (tertiary/aromatic N) is 2. The minimum absolute atomic E-state index is 0.137. The third-order valence-corrected chi connectivity index (χ3v) is 5.96. The SMILES string of the molecule is O=C1c2[nH]nc(-c3ccc(Br)cc3)c2[C@@H](c2cccc(O)c2)N1c1ccc(Cl)cc1. The Kier molecular flexibility index (Phi) is 4.60. The number of aromatic amines is 1. The number of aromatic hydroxyl groups is 1. The number of fused-ring (bicyclic) bond motifs is 1. The number of phenols is 1. The molecule has 1 aliphatic heterocycles. The van der Waals surface area contributed by atoms with Gasteiger partial charge in [-0.05, 0) is 54.1 Å². The summed E-state index contributed by atoms with van der Waals surface area (Å²) in [6.07, 6.45) is 0. The lowest BCUT2D eigenvalue weighted by Crippen LogP contribution is -2.29. The highest BCUT2D eigenvalue weighted by molar-refractivity contribution is 9.10. The van der Waals surface area contributed by atoms with Gasteiger partial charge < -0.3 is 5.11 Å². The number of benzene rings is 3. The van der Waals surface area contributed by atoms with E-state index in [9.17, 15) is 9.90 Å². The van der Waals surface area contributed by atoms with E-state index in [1.165, 1.54) is 0 Å². The summed E-state index contributed by atoms with van der Waals surface area (Å²) in [5.41, 5.74) is 4.32. The molecule has 0 radical (unpaired) electrons. The van der Waals surface area contributed by atoms with Gasteiger partial charge in [0.25, 0.3) is 5.91 Å². The van der Waals surface area contributed by atoms with Gasteiger partial charge in [-0.15, -0.1) is 0 Å². The van der Waals surface area contributed by atoms with Crippen molar-refractivity contribution in [2.75, 3.05) is 4.90 Å². The standard InChI is InChI=1S/C23H15BrClN3O2/c24-15-6-4-13(5-7-15)20-19-21(27-26-20)23(30)28(17-10-8-16(25)9-11-17)22(19)14-2-1-3-18(29)12-14/h1-12,22,29H,(H,26,27)/t22-/m1/s1. The minimum atomic E-state index is -0.446. The molecule has 1 amide bonds. The van der Waals surface area contributed by atoms with Crippen molar-refractivity contribution in [1.82, 2.24) is 10.2 Å². The van der Waals surface area contributed by atoms with Crippen molar-refractivity contribution in [2.45, 2.75) is 6.04 Å². The van der Waals surface area contributed by atoms with Crippen LogP contribution >= 0.6 is 27.5 Å². The summed E-state index contributed by atoms with van der Waals surface area (Å²) < 4.78 is 0.960. The molecular weight excluding hydrogens is 466 g/mol. The monoisotopic (exact) mass is 479 g/mol. The first-order chi connectivity index (χ1) is 14.5. The second kappa shape index (κ2) is 7.31. The second-order valence-electron chi connectivity index (χ2n) is 7.02. The molecule has 1 aromatic heterocycles. The zero-order chi connectivity index (χ0) is 20.8. The first kappa shape index (κ1) is 18.9. The van der Waals surface area contributed by atoms with E-state index in [2.05, 4.69) is 26.1 Å². The van der Waals surface area contributed by atoms with E-state index in [-0.39, 0.29) is 11.7 Å². The summed E-state index contributed by atoms with van der Waals surface area (Å²) in [5.74, 6) is -0.0466. The number of H-pyrrole nitrogens is 1. The largest absolute Gasteiger partial charge is 0.508 e. The van der Waals surface area contributed by atoms with Crippen LogP contribution in [-0.2, 0) is 0 Å². The summed E-state index contributed by atoms with van der Waals surface area (Å²) in [5, 5.41) is 18.1. The van der Waals surface area contributed by atoms with Crippen molar-refractivity contribution in [3.8, 4) is 17.0 Å². The second-order valence-corrected chi connectivity index (χ2v) is 8.37. The number of hydrogen-bond donors (Lipinski definition) is 2. The van der Waals surface area contributed by atoms with Crippen LogP contribution in [0.4, 0.5) is 5.69 Å². The van der Waals surface area contributed by atoms with E-state index in [1.807, 2.05) is 42.5 Å². The first-order valence-corrected chi connectivity index (χ1v) is 10.4. The van der Waals surface area contributed by atoms with Gasteiger partial charge in [0, 0.05) is 26.3 Å². The van der Waals surface area contributed by atoms with Crippen LogP contribution in [0.1, 0.15) is 27.7 Å². The molecule has 0 saturated carbocycles. The molecule has 3 aromatic carbocycles. The van der Waals surface area contributed by atoms with Gasteiger partial charge in [0.1, 0.15) is 11.4 Å². The summed E-state index contributed by atoms with van der Waals surface area (Å²) in [4.78, 5) is 15.1. The number of halogens is 2.